The first-order chi connectivity index (χ1) is 18.9. The molecule has 0 unspecified atom stereocenters. The van der Waals surface area contributed by atoms with Crippen molar-refractivity contribution in [2.45, 2.75) is 13.1 Å². The average Bonchev–Trinajstić information content (AvgIpc) is 2.98. The van der Waals surface area contributed by atoms with E-state index in [0.717, 1.165) is 18.8 Å². The van der Waals surface area contributed by atoms with Gasteiger partial charge in [-0.15, -0.1) is 0 Å². The standard InChI is InChI=1S/C35H28N3/c1-3-15-29-27(13-1)25-37-23-11-8-19-33(37)31-17-5-6-20-35(31)38-24-12-9-21-34(38)30-16-4-2-14-28(30)26-36-22-10-7-18-32(29)36/h1-24H,25-26H2/q+3. The molecule has 0 saturated carbocycles. The Morgan fingerprint density at radius 3 is 1.47 bits per heavy atom. The Kier molecular flexibility index (Phi) is 5.60. The Morgan fingerprint density at radius 2 is 0.816 bits per heavy atom. The number of pyridine rings is 3. The third-order valence-corrected chi connectivity index (χ3v) is 7.45. The predicted octanol–water partition coefficient (Wildman–Crippen LogP) is 5.95. The first-order valence-electron chi connectivity index (χ1n) is 13.1. The minimum absolute atomic E-state index is 0.776. The number of hydrogen-bond acceptors (Lipinski definition) is 0. The summed E-state index contributed by atoms with van der Waals surface area (Å²) in [5, 5.41) is 0. The SMILES string of the molecule is c1ccc2c(c1)C[n+]1ccccc1-c1ccccc1-[n+]1ccccc1-c1ccccc1C[n+]1ccccc1-2. The molecule has 6 aromatic rings. The van der Waals surface area contributed by atoms with Crippen LogP contribution in [0.2, 0.25) is 0 Å². The summed E-state index contributed by atoms with van der Waals surface area (Å²) in [5.41, 5.74) is 11.0. The van der Waals surface area contributed by atoms with Crippen molar-refractivity contribution in [2.75, 3.05) is 0 Å². The topological polar surface area (TPSA) is 11.6 Å². The summed E-state index contributed by atoms with van der Waals surface area (Å²) in [7, 11) is 0. The molecule has 0 atom stereocenters. The van der Waals surface area contributed by atoms with Gasteiger partial charge >= 0.3 is 0 Å². The van der Waals surface area contributed by atoms with E-state index in [2.05, 4.69) is 160 Å². The van der Waals surface area contributed by atoms with Crippen LogP contribution >= 0.6 is 0 Å². The van der Waals surface area contributed by atoms with Gasteiger partial charge in [-0.1, -0.05) is 48.5 Å². The number of aromatic nitrogens is 3. The van der Waals surface area contributed by atoms with Crippen molar-refractivity contribution in [2.24, 2.45) is 0 Å². The van der Waals surface area contributed by atoms with Crippen LogP contribution in [0.3, 0.4) is 0 Å². The van der Waals surface area contributed by atoms with Crippen molar-refractivity contribution in [3.63, 3.8) is 0 Å². The quantitative estimate of drug-likeness (QED) is 0.233. The van der Waals surface area contributed by atoms with Crippen molar-refractivity contribution in [1.82, 2.24) is 0 Å². The molecule has 7 rings (SSSR count). The summed E-state index contributed by atoms with van der Waals surface area (Å²) in [4.78, 5) is 0. The molecule has 0 saturated heterocycles. The molecule has 1 aliphatic heterocycles. The molecule has 3 heteroatoms. The van der Waals surface area contributed by atoms with Crippen molar-refractivity contribution in [1.29, 1.82) is 0 Å². The van der Waals surface area contributed by atoms with Gasteiger partial charge in [0.25, 0.3) is 0 Å². The highest BCUT2D eigenvalue weighted by atomic mass is 15.0. The van der Waals surface area contributed by atoms with Crippen LogP contribution in [-0.4, -0.2) is 0 Å². The normalized spacial score (nSPS) is 12.0. The van der Waals surface area contributed by atoms with Gasteiger partial charge in [0.1, 0.15) is 5.56 Å². The summed E-state index contributed by atoms with van der Waals surface area (Å²) in [6.45, 7) is 1.55. The molecule has 4 heterocycles. The predicted molar refractivity (Wildman–Crippen MR) is 149 cm³/mol. The summed E-state index contributed by atoms with van der Waals surface area (Å²) in [6, 6.07) is 45.8. The zero-order valence-corrected chi connectivity index (χ0v) is 21.1. The highest BCUT2D eigenvalue weighted by Gasteiger charge is 2.28. The maximum atomic E-state index is 2.38. The van der Waals surface area contributed by atoms with Crippen LogP contribution in [0.4, 0.5) is 0 Å². The Balaban J connectivity index is 1.58. The lowest BCUT2D eigenvalue weighted by atomic mass is 9.99. The Hall–Kier alpha value is -4.89. The lowest BCUT2D eigenvalue weighted by molar-refractivity contribution is -0.680. The van der Waals surface area contributed by atoms with E-state index in [-0.39, 0.29) is 0 Å². The van der Waals surface area contributed by atoms with E-state index in [4.69, 9.17) is 0 Å². The second-order valence-corrected chi connectivity index (χ2v) is 9.71. The molecule has 0 spiro atoms. The first kappa shape index (κ1) is 22.3. The lowest BCUT2D eigenvalue weighted by Gasteiger charge is -2.13. The minimum atomic E-state index is 0.776. The number of fused-ring (bicyclic) bond motifs is 10. The monoisotopic (exact) mass is 490 g/mol. The zero-order chi connectivity index (χ0) is 25.3. The molecule has 0 aliphatic carbocycles. The number of rotatable bonds is 0. The number of hydrogen-bond donors (Lipinski definition) is 0. The third kappa shape index (κ3) is 3.89. The highest BCUT2D eigenvalue weighted by molar-refractivity contribution is 5.68. The summed E-state index contributed by atoms with van der Waals surface area (Å²) in [6.07, 6.45) is 6.57. The van der Waals surface area contributed by atoms with Crippen molar-refractivity contribution in [3.8, 4) is 39.5 Å². The van der Waals surface area contributed by atoms with Gasteiger partial charge < -0.3 is 0 Å². The van der Waals surface area contributed by atoms with Gasteiger partial charge in [0.05, 0.1) is 11.1 Å². The van der Waals surface area contributed by atoms with Crippen LogP contribution in [0.25, 0.3) is 39.5 Å². The lowest BCUT2D eigenvalue weighted by Crippen LogP contribution is -2.41. The van der Waals surface area contributed by atoms with Crippen molar-refractivity contribution >= 4 is 0 Å². The Morgan fingerprint density at radius 1 is 0.368 bits per heavy atom. The number of nitrogens with zero attached hydrogens (tertiary/aromatic N) is 3. The molecular formula is C35H28N3+3. The summed E-state index contributed by atoms with van der Waals surface area (Å²) >= 11 is 0. The largest absolute Gasteiger partial charge is 0.225 e. The molecule has 180 valence electrons. The van der Waals surface area contributed by atoms with Gasteiger partial charge in [-0.2, -0.15) is 13.7 Å². The molecular weight excluding hydrogens is 462 g/mol. The summed E-state index contributed by atoms with van der Waals surface area (Å²) in [5.74, 6) is 0. The van der Waals surface area contributed by atoms with Gasteiger partial charge in [-0.3, -0.25) is 0 Å². The van der Waals surface area contributed by atoms with E-state index in [9.17, 15) is 0 Å². The van der Waals surface area contributed by atoms with Crippen molar-refractivity contribution < 1.29 is 13.7 Å². The number of para-hydroxylation sites is 1. The average molecular weight is 491 g/mol. The molecule has 3 nitrogen and oxygen atoms in total. The molecule has 1 aliphatic rings. The molecule has 3 aromatic carbocycles. The van der Waals surface area contributed by atoms with Gasteiger partial charge in [-0.25, -0.2) is 0 Å². The van der Waals surface area contributed by atoms with Crippen molar-refractivity contribution in [3.05, 3.63) is 157 Å². The van der Waals surface area contributed by atoms with Gasteiger partial charge in [0, 0.05) is 53.6 Å². The second-order valence-electron chi connectivity index (χ2n) is 9.71. The van der Waals surface area contributed by atoms with Crippen LogP contribution < -0.4 is 13.7 Å². The van der Waals surface area contributed by atoms with E-state index in [1.54, 1.807) is 0 Å². The van der Waals surface area contributed by atoms with Gasteiger partial charge in [-0.05, 0) is 36.4 Å². The highest BCUT2D eigenvalue weighted by Crippen LogP contribution is 2.28. The van der Waals surface area contributed by atoms with Crippen LogP contribution in [0, 0.1) is 0 Å². The van der Waals surface area contributed by atoms with E-state index < -0.39 is 0 Å². The molecule has 0 N–H and O–H groups in total. The smallest absolute Gasteiger partial charge is 0.194 e. The maximum absolute atomic E-state index is 2.38. The fourth-order valence-electron chi connectivity index (χ4n) is 5.67. The van der Waals surface area contributed by atoms with E-state index in [1.807, 2.05) is 0 Å². The fourth-order valence-corrected chi connectivity index (χ4v) is 5.67. The summed E-state index contributed by atoms with van der Waals surface area (Å²) < 4.78 is 7.08. The second kappa shape index (κ2) is 9.53. The fraction of sp³-hybridized carbons (Fsp3) is 0.0571. The number of benzene rings is 3. The Bertz CT molecular complexity index is 1650. The zero-order valence-electron chi connectivity index (χ0n) is 21.1. The molecule has 0 radical (unpaired) electrons. The van der Waals surface area contributed by atoms with Crippen LogP contribution in [0.5, 0.6) is 0 Å². The molecule has 38 heavy (non-hydrogen) atoms. The molecule has 3 aromatic heterocycles. The maximum Gasteiger partial charge on any atom is 0.225 e. The van der Waals surface area contributed by atoms with Gasteiger partial charge in [0.15, 0.2) is 31.7 Å². The van der Waals surface area contributed by atoms with E-state index >= 15 is 0 Å². The minimum Gasteiger partial charge on any atom is -0.194 e. The van der Waals surface area contributed by atoms with Gasteiger partial charge in [0.2, 0.25) is 22.8 Å². The Labute approximate surface area is 223 Å². The molecule has 0 bridgehead atoms. The first-order valence-corrected chi connectivity index (χ1v) is 13.1. The van der Waals surface area contributed by atoms with E-state index in [1.165, 1.54) is 44.9 Å². The molecule has 0 fully saturated rings. The van der Waals surface area contributed by atoms with Crippen LogP contribution in [0.1, 0.15) is 11.1 Å². The molecule has 0 amide bonds. The van der Waals surface area contributed by atoms with E-state index in [0.29, 0.717) is 0 Å². The van der Waals surface area contributed by atoms with Crippen LogP contribution in [0.15, 0.2) is 146 Å². The third-order valence-electron chi connectivity index (χ3n) is 7.45. The van der Waals surface area contributed by atoms with Crippen LogP contribution in [-0.2, 0) is 13.1 Å².